The smallest absolute Gasteiger partial charge is 0.335 e. The third kappa shape index (κ3) is 35.0. The number of esters is 3. The second kappa shape index (κ2) is 44.4. The van der Waals surface area contributed by atoms with E-state index in [2.05, 4.69) is 45.1 Å². The summed E-state index contributed by atoms with van der Waals surface area (Å²) in [7, 11) is 0. The van der Waals surface area contributed by atoms with E-state index in [1.807, 2.05) is 0 Å². The van der Waals surface area contributed by atoms with Crippen molar-refractivity contribution in [2.24, 2.45) is 0 Å². The Bertz CT molecular complexity index is 1270. The van der Waals surface area contributed by atoms with Gasteiger partial charge in [0, 0.05) is 19.3 Å². The van der Waals surface area contributed by atoms with Gasteiger partial charge in [-0.1, -0.05) is 206 Å². The second-order valence-corrected chi connectivity index (χ2v) is 18.9. The SMILES string of the molecule is CCCCC/C=C\C/C=C\CCCCCCCCCC(=O)OCC(COC1OC(C(=O)O)C(O)C(O)C1OC(=O)CCCCCCCCCCCCC)OC(=O)CCCCCCCCCCC. The molecule has 12 nitrogen and oxygen atoms in total. The number of carbonyl (C=O) groups is 4. The topological polar surface area (TPSA) is 175 Å². The normalized spacial score (nSPS) is 19.0. The number of carbonyl (C=O) groups excluding carboxylic acids is 3. The summed E-state index contributed by atoms with van der Waals surface area (Å²) in [6.45, 7) is 5.92. The van der Waals surface area contributed by atoms with Crippen LogP contribution in [0.3, 0.4) is 0 Å². The van der Waals surface area contributed by atoms with Crippen LogP contribution in [-0.4, -0.2) is 89.2 Å². The van der Waals surface area contributed by atoms with Crippen LogP contribution in [0.5, 0.6) is 0 Å². The molecule has 0 spiro atoms. The van der Waals surface area contributed by atoms with Crippen LogP contribution >= 0.6 is 0 Å². The number of carboxylic acid groups (broad SMARTS) is 1. The average molecular weight is 951 g/mol. The van der Waals surface area contributed by atoms with E-state index in [4.69, 9.17) is 23.7 Å². The Labute approximate surface area is 407 Å². The van der Waals surface area contributed by atoms with Gasteiger partial charge in [-0.25, -0.2) is 4.79 Å². The van der Waals surface area contributed by atoms with Crippen LogP contribution in [0.25, 0.3) is 0 Å². The largest absolute Gasteiger partial charge is 0.479 e. The van der Waals surface area contributed by atoms with Crippen molar-refractivity contribution in [3.05, 3.63) is 24.3 Å². The maximum absolute atomic E-state index is 13.0. The number of rotatable bonds is 46. The molecule has 6 unspecified atom stereocenters. The number of aliphatic carboxylic acids is 1. The minimum Gasteiger partial charge on any atom is -0.479 e. The summed E-state index contributed by atoms with van der Waals surface area (Å²) in [6, 6.07) is 0. The van der Waals surface area contributed by atoms with Crippen LogP contribution in [0.15, 0.2) is 24.3 Å². The van der Waals surface area contributed by atoms with Crippen LogP contribution in [-0.2, 0) is 42.9 Å². The molecule has 1 rings (SSSR count). The van der Waals surface area contributed by atoms with Gasteiger partial charge in [-0.3, -0.25) is 14.4 Å². The van der Waals surface area contributed by atoms with Gasteiger partial charge >= 0.3 is 23.9 Å². The van der Waals surface area contributed by atoms with Crippen molar-refractivity contribution >= 4 is 23.9 Å². The molecule has 1 heterocycles. The quantitative estimate of drug-likeness (QED) is 0.0228. The van der Waals surface area contributed by atoms with Gasteiger partial charge < -0.3 is 39.0 Å². The zero-order chi connectivity index (χ0) is 49.0. The van der Waals surface area contributed by atoms with Gasteiger partial charge in [-0.05, 0) is 51.4 Å². The summed E-state index contributed by atoms with van der Waals surface area (Å²) >= 11 is 0. The summed E-state index contributed by atoms with van der Waals surface area (Å²) in [6.07, 6.45) is 36.0. The van der Waals surface area contributed by atoms with Gasteiger partial charge in [0.15, 0.2) is 24.6 Å². The lowest BCUT2D eigenvalue weighted by molar-refractivity contribution is -0.301. The summed E-state index contributed by atoms with van der Waals surface area (Å²) < 4.78 is 28.3. The average Bonchev–Trinajstić information content (AvgIpc) is 3.31. The van der Waals surface area contributed by atoms with E-state index < -0.39 is 67.3 Å². The van der Waals surface area contributed by atoms with Crippen molar-refractivity contribution in [2.45, 2.75) is 289 Å². The molecule has 0 amide bonds. The van der Waals surface area contributed by atoms with Crippen molar-refractivity contribution in [3.63, 3.8) is 0 Å². The first-order chi connectivity index (χ1) is 32.6. The molecule has 0 aromatic carbocycles. The van der Waals surface area contributed by atoms with Crippen LogP contribution in [0, 0.1) is 0 Å². The summed E-state index contributed by atoms with van der Waals surface area (Å²) in [4.78, 5) is 50.8. The third-order valence-corrected chi connectivity index (χ3v) is 12.5. The van der Waals surface area contributed by atoms with Crippen molar-refractivity contribution in [1.29, 1.82) is 0 Å². The Kier molecular flexibility index (Phi) is 41.2. The summed E-state index contributed by atoms with van der Waals surface area (Å²) in [5.41, 5.74) is 0. The summed E-state index contributed by atoms with van der Waals surface area (Å²) in [5, 5.41) is 31.3. The lowest BCUT2D eigenvalue weighted by atomic mass is 9.98. The fraction of sp³-hybridized carbons (Fsp3) is 0.855. The zero-order valence-electron chi connectivity index (χ0n) is 42.7. The van der Waals surface area contributed by atoms with Crippen molar-refractivity contribution in [1.82, 2.24) is 0 Å². The first-order valence-electron chi connectivity index (χ1n) is 27.3. The number of aliphatic hydroxyl groups excluding tert-OH is 2. The van der Waals surface area contributed by atoms with Crippen LogP contribution in [0.2, 0.25) is 0 Å². The van der Waals surface area contributed by atoms with Gasteiger partial charge in [-0.2, -0.15) is 0 Å². The molecule has 1 fully saturated rings. The zero-order valence-corrected chi connectivity index (χ0v) is 42.7. The molecule has 6 atom stereocenters. The number of carboxylic acids is 1. The molecule has 1 aliphatic rings. The molecule has 0 aromatic rings. The standard InChI is InChI=1S/C55H98O12/c1-4-7-10-13-16-19-21-22-23-24-25-26-28-30-32-35-38-41-47(56)63-44-46(65-48(57)42-39-36-33-29-18-15-12-9-6-3)45-64-55-53(51(60)50(59)52(67-55)54(61)62)66-49(58)43-40-37-34-31-27-20-17-14-11-8-5-2/h16,19,22-23,46,50-53,55,59-60H,4-15,17-18,20-21,24-45H2,1-3H3,(H,61,62)/b19-16-,23-22-. The lowest BCUT2D eigenvalue weighted by Gasteiger charge is -2.40. The highest BCUT2D eigenvalue weighted by molar-refractivity contribution is 5.74. The first-order valence-corrected chi connectivity index (χ1v) is 27.3. The molecular weight excluding hydrogens is 853 g/mol. The molecule has 0 saturated carbocycles. The molecule has 3 N–H and O–H groups in total. The van der Waals surface area contributed by atoms with E-state index in [-0.39, 0.29) is 25.9 Å². The van der Waals surface area contributed by atoms with Gasteiger partial charge in [-0.15, -0.1) is 0 Å². The molecule has 0 aromatic heterocycles. The molecule has 1 saturated heterocycles. The van der Waals surface area contributed by atoms with E-state index in [0.29, 0.717) is 19.3 Å². The lowest BCUT2D eigenvalue weighted by Crippen LogP contribution is -2.61. The molecular formula is C55H98O12. The van der Waals surface area contributed by atoms with E-state index in [0.717, 1.165) is 83.5 Å². The Morgan fingerprint density at radius 1 is 0.493 bits per heavy atom. The number of unbranched alkanes of at least 4 members (excludes halogenated alkanes) is 28. The molecule has 390 valence electrons. The van der Waals surface area contributed by atoms with E-state index >= 15 is 0 Å². The van der Waals surface area contributed by atoms with E-state index in [1.165, 1.54) is 109 Å². The Balaban J connectivity index is 2.67. The van der Waals surface area contributed by atoms with Gasteiger partial charge in [0.2, 0.25) is 0 Å². The Morgan fingerprint density at radius 3 is 1.37 bits per heavy atom. The van der Waals surface area contributed by atoms with Crippen LogP contribution in [0.1, 0.15) is 252 Å². The number of hydrogen-bond donors (Lipinski definition) is 3. The maximum Gasteiger partial charge on any atom is 0.335 e. The van der Waals surface area contributed by atoms with Crippen molar-refractivity contribution < 1.29 is 58.2 Å². The molecule has 0 radical (unpaired) electrons. The monoisotopic (exact) mass is 951 g/mol. The van der Waals surface area contributed by atoms with Gasteiger partial charge in [0.25, 0.3) is 0 Å². The maximum atomic E-state index is 13.0. The number of aliphatic hydroxyl groups is 2. The minimum atomic E-state index is -1.90. The molecule has 1 aliphatic heterocycles. The highest BCUT2D eigenvalue weighted by Crippen LogP contribution is 2.26. The molecule has 12 heteroatoms. The van der Waals surface area contributed by atoms with Crippen LogP contribution < -0.4 is 0 Å². The van der Waals surface area contributed by atoms with Crippen LogP contribution in [0.4, 0.5) is 0 Å². The Hall–Kier alpha value is -2.80. The second-order valence-electron chi connectivity index (χ2n) is 18.9. The number of hydrogen-bond acceptors (Lipinski definition) is 11. The van der Waals surface area contributed by atoms with Gasteiger partial charge in [0.05, 0.1) is 6.61 Å². The van der Waals surface area contributed by atoms with E-state index in [1.54, 1.807) is 0 Å². The first kappa shape index (κ1) is 62.2. The predicted molar refractivity (Wildman–Crippen MR) is 266 cm³/mol. The highest BCUT2D eigenvalue weighted by Gasteiger charge is 2.50. The van der Waals surface area contributed by atoms with Crippen molar-refractivity contribution in [3.8, 4) is 0 Å². The Morgan fingerprint density at radius 2 is 0.896 bits per heavy atom. The molecule has 0 bridgehead atoms. The molecule has 0 aliphatic carbocycles. The summed E-state index contributed by atoms with van der Waals surface area (Å²) in [5.74, 6) is -3.11. The third-order valence-electron chi connectivity index (χ3n) is 12.5. The van der Waals surface area contributed by atoms with Crippen molar-refractivity contribution in [2.75, 3.05) is 13.2 Å². The number of allylic oxidation sites excluding steroid dienone is 4. The fourth-order valence-electron chi connectivity index (χ4n) is 8.28. The highest BCUT2D eigenvalue weighted by atomic mass is 16.7. The van der Waals surface area contributed by atoms with Gasteiger partial charge in [0.1, 0.15) is 18.8 Å². The fourth-order valence-corrected chi connectivity index (χ4v) is 8.28. The number of ether oxygens (including phenoxy) is 5. The minimum absolute atomic E-state index is 0.0655. The molecule has 67 heavy (non-hydrogen) atoms. The van der Waals surface area contributed by atoms with E-state index in [9.17, 15) is 34.5 Å². The predicted octanol–water partition coefficient (Wildman–Crippen LogP) is 13.1.